The first-order chi connectivity index (χ1) is 15.3. The van der Waals surface area contributed by atoms with E-state index >= 15 is 0 Å². The normalized spacial score (nSPS) is 37.5. The summed E-state index contributed by atoms with van der Waals surface area (Å²) in [4.78, 5) is 17.7. The lowest BCUT2D eigenvalue weighted by Crippen LogP contribution is -2.41. The lowest BCUT2D eigenvalue weighted by molar-refractivity contribution is -0.126. The highest BCUT2D eigenvalue weighted by atomic mass is 16.3. The molecule has 0 radical (unpaired) electrons. The van der Waals surface area contributed by atoms with E-state index in [2.05, 4.69) is 17.0 Å². The molecule has 1 N–H and O–H groups in total. The minimum Gasteiger partial charge on any atom is -0.390 e. The van der Waals surface area contributed by atoms with Crippen molar-refractivity contribution < 1.29 is 9.90 Å². The number of rotatable bonds is 6. The van der Waals surface area contributed by atoms with Crippen molar-refractivity contribution in [1.29, 1.82) is 0 Å². The number of aliphatic hydroxyl groups is 1. The molecule has 6 unspecified atom stereocenters. The highest BCUT2D eigenvalue weighted by molar-refractivity contribution is 5.82. The lowest BCUT2D eigenvalue weighted by atomic mass is 9.60. The van der Waals surface area contributed by atoms with Gasteiger partial charge in [0, 0.05) is 12.1 Å². The molecule has 0 aliphatic heterocycles. The minimum absolute atomic E-state index is 0.120. The van der Waals surface area contributed by atoms with Crippen LogP contribution in [-0.4, -0.2) is 31.3 Å². The van der Waals surface area contributed by atoms with E-state index in [1.807, 2.05) is 25.3 Å². The summed E-state index contributed by atoms with van der Waals surface area (Å²) in [5, 5.41) is 15.1. The lowest BCUT2D eigenvalue weighted by Gasteiger charge is -2.47. The number of carbonyl (C=O) groups excluding carboxylic acids is 1. The summed E-state index contributed by atoms with van der Waals surface area (Å²) in [6.45, 7) is 4.76. The fourth-order valence-corrected chi connectivity index (χ4v) is 7.53. The van der Waals surface area contributed by atoms with E-state index < -0.39 is 5.60 Å². The van der Waals surface area contributed by atoms with Gasteiger partial charge in [-0.1, -0.05) is 32.6 Å². The molecule has 3 fully saturated rings. The fourth-order valence-electron chi connectivity index (χ4n) is 7.53. The molecule has 5 heteroatoms. The Bertz CT molecular complexity index is 934. The van der Waals surface area contributed by atoms with Crippen LogP contribution in [0.1, 0.15) is 84.5 Å². The zero-order valence-corrected chi connectivity index (χ0v) is 19.8. The number of Topliss-reactive ketones (excluding diaryl/α,β-unsaturated/α-hetero) is 1. The molecular weight excluding hydrogens is 398 g/mol. The van der Waals surface area contributed by atoms with Gasteiger partial charge in [-0.2, -0.15) is 5.10 Å². The van der Waals surface area contributed by atoms with Crippen LogP contribution in [-0.2, 0) is 11.3 Å². The largest absolute Gasteiger partial charge is 0.390 e. The van der Waals surface area contributed by atoms with Crippen LogP contribution in [0.4, 0.5) is 0 Å². The van der Waals surface area contributed by atoms with Crippen molar-refractivity contribution in [2.24, 2.45) is 29.1 Å². The Hall–Kier alpha value is -1.75. The van der Waals surface area contributed by atoms with E-state index in [1.165, 1.54) is 38.5 Å². The molecule has 2 aromatic rings. The van der Waals surface area contributed by atoms with Crippen LogP contribution in [0.3, 0.4) is 0 Å². The molecule has 5 nitrogen and oxygen atoms in total. The molecule has 174 valence electrons. The topological polar surface area (TPSA) is 68.0 Å². The van der Waals surface area contributed by atoms with Gasteiger partial charge in [-0.3, -0.25) is 14.5 Å². The van der Waals surface area contributed by atoms with Crippen molar-refractivity contribution in [2.75, 3.05) is 0 Å². The Morgan fingerprint density at radius 2 is 2.03 bits per heavy atom. The van der Waals surface area contributed by atoms with E-state index in [1.54, 1.807) is 10.9 Å². The zero-order chi connectivity index (χ0) is 22.3. The molecule has 32 heavy (non-hydrogen) atoms. The summed E-state index contributed by atoms with van der Waals surface area (Å²) in [7, 11) is 0. The first-order valence-corrected chi connectivity index (χ1v) is 12.9. The number of aromatic nitrogens is 3. The zero-order valence-electron chi connectivity index (χ0n) is 19.8. The molecule has 2 aromatic heterocycles. The van der Waals surface area contributed by atoms with Gasteiger partial charge in [0.15, 0.2) is 5.78 Å². The Morgan fingerprint density at radius 1 is 1.16 bits per heavy atom. The number of hydrogen-bond donors (Lipinski definition) is 1. The highest BCUT2D eigenvalue weighted by Gasteiger charge is 2.45. The molecule has 3 aliphatic rings. The number of carbonyl (C=O) groups is 1. The molecule has 0 bridgehead atoms. The second kappa shape index (κ2) is 8.55. The first-order valence-electron chi connectivity index (χ1n) is 12.9. The van der Waals surface area contributed by atoms with E-state index in [4.69, 9.17) is 0 Å². The maximum Gasteiger partial charge on any atom is 0.157 e. The second-order valence-electron chi connectivity index (χ2n) is 11.7. The van der Waals surface area contributed by atoms with Crippen LogP contribution in [0.25, 0.3) is 11.0 Å². The third-order valence-corrected chi connectivity index (χ3v) is 9.28. The van der Waals surface area contributed by atoms with Gasteiger partial charge in [-0.25, -0.2) is 0 Å². The molecule has 0 saturated heterocycles. The summed E-state index contributed by atoms with van der Waals surface area (Å²) in [5.41, 5.74) is 1.38. The van der Waals surface area contributed by atoms with E-state index in [9.17, 15) is 9.90 Å². The SMILES string of the molecule is CC1(O)CCC2C(CCC3(C)CCCC3C(=O)Cn3cc4ncccc4n3)CCCC2C1. The third kappa shape index (κ3) is 4.37. The Balaban J connectivity index is 1.22. The molecule has 0 spiro atoms. The maximum absolute atomic E-state index is 13.3. The summed E-state index contributed by atoms with van der Waals surface area (Å²) in [6, 6.07) is 3.84. The molecule has 3 aliphatic carbocycles. The standard InChI is InChI=1S/C27H39N3O2/c1-26(13-10-19-6-3-7-20-16-27(2,32)14-11-21(19)20)12-4-8-22(26)25(31)18-30-17-24-23(29-30)9-5-15-28-24/h5,9,15,17,19-22,32H,3-4,6-8,10-14,16,18H2,1-2H3. The number of ketones is 1. The molecule has 3 saturated carbocycles. The van der Waals surface area contributed by atoms with Crippen LogP contribution >= 0.6 is 0 Å². The van der Waals surface area contributed by atoms with Gasteiger partial charge in [-0.15, -0.1) is 0 Å². The number of pyridine rings is 1. The number of hydrogen-bond acceptors (Lipinski definition) is 4. The predicted molar refractivity (Wildman–Crippen MR) is 126 cm³/mol. The molecular formula is C27H39N3O2. The van der Waals surface area contributed by atoms with E-state index in [-0.39, 0.29) is 11.3 Å². The van der Waals surface area contributed by atoms with Crippen LogP contribution in [0, 0.1) is 29.1 Å². The monoisotopic (exact) mass is 437 g/mol. The quantitative estimate of drug-likeness (QED) is 0.643. The highest BCUT2D eigenvalue weighted by Crippen LogP contribution is 2.52. The molecule has 5 rings (SSSR count). The van der Waals surface area contributed by atoms with Crippen LogP contribution < -0.4 is 0 Å². The molecule has 6 atom stereocenters. The number of fused-ring (bicyclic) bond motifs is 2. The molecule has 0 amide bonds. The molecule has 0 aromatic carbocycles. The average Bonchev–Trinajstić information content (AvgIpc) is 3.34. The van der Waals surface area contributed by atoms with Gasteiger partial charge in [0.2, 0.25) is 0 Å². The molecule has 2 heterocycles. The summed E-state index contributed by atoms with van der Waals surface area (Å²) in [5.74, 6) is 2.75. The summed E-state index contributed by atoms with van der Waals surface area (Å²) in [6.07, 6.45) is 16.5. The van der Waals surface area contributed by atoms with Gasteiger partial charge in [0.1, 0.15) is 11.0 Å². The predicted octanol–water partition coefficient (Wildman–Crippen LogP) is 5.55. The van der Waals surface area contributed by atoms with E-state index in [0.717, 1.165) is 55.0 Å². The van der Waals surface area contributed by atoms with E-state index in [0.29, 0.717) is 18.2 Å². The van der Waals surface area contributed by atoms with Crippen LogP contribution in [0.15, 0.2) is 24.5 Å². The van der Waals surface area contributed by atoms with Gasteiger partial charge in [0.05, 0.1) is 18.3 Å². The fraction of sp³-hybridized carbons (Fsp3) is 0.741. The smallest absolute Gasteiger partial charge is 0.157 e. The van der Waals surface area contributed by atoms with Crippen molar-refractivity contribution in [3.05, 3.63) is 24.5 Å². The van der Waals surface area contributed by atoms with Gasteiger partial charge in [-0.05, 0) is 87.2 Å². The Morgan fingerprint density at radius 3 is 2.88 bits per heavy atom. The Labute approximate surface area is 192 Å². The van der Waals surface area contributed by atoms with Crippen molar-refractivity contribution in [3.63, 3.8) is 0 Å². The van der Waals surface area contributed by atoms with Crippen molar-refractivity contribution in [2.45, 2.75) is 96.6 Å². The maximum atomic E-state index is 13.3. The van der Waals surface area contributed by atoms with Crippen molar-refractivity contribution >= 4 is 16.8 Å². The van der Waals surface area contributed by atoms with Gasteiger partial charge >= 0.3 is 0 Å². The van der Waals surface area contributed by atoms with Gasteiger partial charge < -0.3 is 5.11 Å². The average molecular weight is 438 g/mol. The van der Waals surface area contributed by atoms with Crippen LogP contribution in [0.5, 0.6) is 0 Å². The summed E-state index contributed by atoms with van der Waals surface area (Å²) >= 11 is 0. The van der Waals surface area contributed by atoms with Crippen LogP contribution in [0.2, 0.25) is 0 Å². The third-order valence-electron chi connectivity index (χ3n) is 9.28. The number of nitrogens with zero attached hydrogens (tertiary/aromatic N) is 3. The van der Waals surface area contributed by atoms with Crippen molar-refractivity contribution in [3.8, 4) is 0 Å². The van der Waals surface area contributed by atoms with Gasteiger partial charge in [0.25, 0.3) is 0 Å². The first kappa shape index (κ1) is 22.1. The minimum atomic E-state index is -0.454. The summed E-state index contributed by atoms with van der Waals surface area (Å²) < 4.78 is 1.79. The van der Waals surface area contributed by atoms with Crippen molar-refractivity contribution in [1.82, 2.24) is 14.8 Å². The Kier molecular flexibility index (Phi) is 5.90. The second-order valence-corrected chi connectivity index (χ2v) is 11.7.